The van der Waals surface area contributed by atoms with Gasteiger partial charge < -0.3 is 4.74 Å². The molecule has 0 amide bonds. The van der Waals surface area contributed by atoms with Crippen molar-refractivity contribution in [3.63, 3.8) is 0 Å². The predicted molar refractivity (Wildman–Crippen MR) is 72.4 cm³/mol. The number of nitrogens with zero attached hydrogens (tertiary/aromatic N) is 2. The van der Waals surface area contributed by atoms with Crippen LogP contribution < -0.4 is 0 Å². The average Bonchev–Trinajstić information content (AvgIpc) is 2.86. The van der Waals surface area contributed by atoms with Gasteiger partial charge in [-0.15, -0.1) is 0 Å². The van der Waals surface area contributed by atoms with E-state index in [1.54, 1.807) is 10.8 Å². The first kappa shape index (κ1) is 11.5. The van der Waals surface area contributed by atoms with Gasteiger partial charge in [-0.3, -0.25) is 4.57 Å². The number of hydrogen-bond donors (Lipinski definition) is 0. The number of rotatable bonds is 2. The zero-order valence-electron chi connectivity index (χ0n) is 10.4. The molecule has 3 aromatic rings. The SMILES string of the molecule is COC(=O)c1cc2ccccc2n1-c1ccccn1. The van der Waals surface area contributed by atoms with Crippen LogP contribution in [0.5, 0.6) is 0 Å². The normalized spacial score (nSPS) is 10.6. The van der Waals surface area contributed by atoms with Crippen molar-refractivity contribution in [3.8, 4) is 5.82 Å². The van der Waals surface area contributed by atoms with E-state index in [0.717, 1.165) is 10.9 Å². The Kier molecular flexibility index (Phi) is 2.76. The Hall–Kier alpha value is -2.62. The first-order valence-electron chi connectivity index (χ1n) is 5.91. The number of hydrogen-bond acceptors (Lipinski definition) is 3. The third-order valence-corrected chi connectivity index (χ3v) is 2.98. The summed E-state index contributed by atoms with van der Waals surface area (Å²) < 4.78 is 6.65. The van der Waals surface area contributed by atoms with E-state index in [0.29, 0.717) is 11.5 Å². The largest absolute Gasteiger partial charge is 0.464 e. The summed E-state index contributed by atoms with van der Waals surface area (Å²) >= 11 is 0. The molecule has 4 heteroatoms. The second-order valence-electron chi connectivity index (χ2n) is 4.10. The molecule has 0 fully saturated rings. The summed E-state index contributed by atoms with van der Waals surface area (Å²) in [5.74, 6) is 0.325. The molecule has 0 radical (unpaired) electrons. The molecule has 0 atom stereocenters. The molecule has 3 rings (SSSR count). The molecule has 0 spiro atoms. The summed E-state index contributed by atoms with van der Waals surface area (Å²) in [6, 6.07) is 15.2. The lowest BCUT2D eigenvalue weighted by Crippen LogP contribution is -2.09. The fourth-order valence-electron chi connectivity index (χ4n) is 2.14. The Balaban J connectivity index is 2.34. The maximum absolute atomic E-state index is 11.9. The highest BCUT2D eigenvalue weighted by atomic mass is 16.5. The third kappa shape index (κ3) is 1.87. The van der Waals surface area contributed by atoms with E-state index in [9.17, 15) is 4.79 Å². The number of carbonyl (C=O) groups is 1. The molecule has 0 aliphatic rings. The van der Waals surface area contributed by atoms with Crippen LogP contribution in [0.15, 0.2) is 54.7 Å². The molecular formula is C15H12N2O2. The smallest absolute Gasteiger partial charge is 0.355 e. The number of ether oxygens (including phenoxy) is 1. The molecule has 0 N–H and O–H groups in total. The Morgan fingerprint density at radius 3 is 2.68 bits per heavy atom. The highest BCUT2D eigenvalue weighted by Crippen LogP contribution is 2.23. The fourth-order valence-corrected chi connectivity index (χ4v) is 2.14. The van der Waals surface area contributed by atoms with Crippen molar-refractivity contribution < 1.29 is 9.53 Å². The quantitative estimate of drug-likeness (QED) is 0.659. The van der Waals surface area contributed by atoms with Crippen LogP contribution >= 0.6 is 0 Å². The molecule has 4 nitrogen and oxygen atoms in total. The highest BCUT2D eigenvalue weighted by Gasteiger charge is 2.17. The zero-order valence-corrected chi connectivity index (χ0v) is 10.4. The molecule has 2 aromatic heterocycles. The Labute approximate surface area is 110 Å². The van der Waals surface area contributed by atoms with Crippen LogP contribution in [0, 0.1) is 0 Å². The van der Waals surface area contributed by atoms with Crippen molar-refractivity contribution >= 4 is 16.9 Å². The van der Waals surface area contributed by atoms with Crippen molar-refractivity contribution in [1.82, 2.24) is 9.55 Å². The highest BCUT2D eigenvalue weighted by molar-refractivity contribution is 5.96. The van der Waals surface area contributed by atoms with E-state index in [1.165, 1.54) is 7.11 Å². The van der Waals surface area contributed by atoms with Crippen LogP contribution in [-0.2, 0) is 4.74 Å². The minimum Gasteiger partial charge on any atom is -0.464 e. The number of methoxy groups -OCH3 is 1. The van der Waals surface area contributed by atoms with E-state index in [-0.39, 0.29) is 5.97 Å². The molecule has 19 heavy (non-hydrogen) atoms. The van der Waals surface area contributed by atoms with Crippen molar-refractivity contribution in [3.05, 3.63) is 60.4 Å². The summed E-state index contributed by atoms with van der Waals surface area (Å²) in [6.45, 7) is 0. The molecule has 1 aromatic carbocycles. The van der Waals surface area contributed by atoms with Crippen LogP contribution in [0.2, 0.25) is 0 Å². The zero-order chi connectivity index (χ0) is 13.2. The van der Waals surface area contributed by atoms with Crippen molar-refractivity contribution in [2.75, 3.05) is 7.11 Å². The van der Waals surface area contributed by atoms with Gasteiger partial charge in [-0.05, 0) is 24.3 Å². The van der Waals surface area contributed by atoms with Gasteiger partial charge in [0.05, 0.1) is 12.6 Å². The molecular weight excluding hydrogens is 240 g/mol. The summed E-state index contributed by atoms with van der Waals surface area (Å²) in [6.07, 6.45) is 1.70. The molecule has 0 saturated heterocycles. The fraction of sp³-hybridized carbons (Fsp3) is 0.0667. The average molecular weight is 252 g/mol. The van der Waals surface area contributed by atoms with E-state index >= 15 is 0 Å². The maximum atomic E-state index is 11.9. The first-order valence-corrected chi connectivity index (χ1v) is 5.91. The molecule has 0 saturated carbocycles. The number of esters is 1. The van der Waals surface area contributed by atoms with Gasteiger partial charge in [-0.25, -0.2) is 9.78 Å². The van der Waals surface area contributed by atoms with Crippen LogP contribution in [0.25, 0.3) is 16.7 Å². The number of aromatic nitrogens is 2. The van der Waals surface area contributed by atoms with Gasteiger partial charge in [0.25, 0.3) is 0 Å². The van der Waals surface area contributed by atoms with E-state index < -0.39 is 0 Å². The summed E-state index contributed by atoms with van der Waals surface area (Å²) in [4.78, 5) is 16.2. The lowest BCUT2D eigenvalue weighted by molar-refractivity contribution is 0.0592. The topological polar surface area (TPSA) is 44.1 Å². The van der Waals surface area contributed by atoms with E-state index in [2.05, 4.69) is 4.98 Å². The van der Waals surface area contributed by atoms with Crippen molar-refractivity contribution in [2.24, 2.45) is 0 Å². The van der Waals surface area contributed by atoms with Gasteiger partial charge in [-0.2, -0.15) is 0 Å². The minimum absolute atomic E-state index is 0.373. The molecule has 0 aliphatic carbocycles. The molecule has 0 unspecified atom stereocenters. The number of para-hydroxylation sites is 1. The van der Waals surface area contributed by atoms with Gasteiger partial charge >= 0.3 is 5.97 Å². The minimum atomic E-state index is -0.373. The van der Waals surface area contributed by atoms with Crippen LogP contribution in [0.3, 0.4) is 0 Å². The van der Waals surface area contributed by atoms with Crippen molar-refractivity contribution in [2.45, 2.75) is 0 Å². The van der Waals surface area contributed by atoms with Gasteiger partial charge in [-0.1, -0.05) is 24.3 Å². The Bertz CT molecular complexity index is 732. The second-order valence-corrected chi connectivity index (χ2v) is 4.10. The van der Waals surface area contributed by atoms with Crippen LogP contribution in [0.1, 0.15) is 10.5 Å². The number of carbonyl (C=O) groups excluding carboxylic acids is 1. The Morgan fingerprint density at radius 2 is 1.95 bits per heavy atom. The van der Waals surface area contributed by atoms with Gasteiger partial charge in [0.2, 0.25) is 0 Å². The maximum Gasteiger partial charge on any atom is 0.355 e. The molecule has 0 bridgehead atoms. The first-order chi connectivity index (χ1) is 9.31. The molecule has 0 aliphatic heterocycles. The monoisotopic (exact) mass is 252 g/mol. The second kappa shape index (κ2) is 4.57. The number of pyridine rings is 1. The van der Waals surface area contributed by atoms with Gasteiger partial charge in [0.1, 0.15) is 11.5 Å². The lowest BCUT2D eigenvalue weighted by atomic mass is 10.2. The number of fused-ring (bicyclic) bond motifs is 1. The van der Waals surface area contributed by atoms with E-state index in [1.807, 2.05) is 48.5 Å². The van der Waals surface area contributed by atoms with Crippen LogP contribution in [0.4, 0.5) is 0 Å². The summed E-state index contributed by atoms with van der Waals surface area (Å²) in [7, 11) is 1.38. The summed E-state index contributed by atoms with van der Waals surface area (Å²) in [5, 5.41) is 0.980. The summed E-state index contributed by atoms with van der Waals surface area (Å²) in [5.41, 5.74) is 1.41. The molecule has 94 valence electrons. The number of benzene rings is 1. The third-order valence-electron chi connectivity index (χ3n) is 2.98. The Morgan fingerprint density at radius 1 is 1.16 bits per heavy atom. The van der Waals surface area contributed by atoms with Crippen molar-refractivity contribution in [1.29, 1.82) is 0 Å². The standard InChI is InChI=1S/C15H12N2O2/c1-19-15(18)13-10-11-6-2-3-7-12(11)17(13)14-8-4-5-9-16-14/h2-10H,1H3. The van der Waals surface area contributed by atoms with E-state index in [4.69, 9.17) is 4.74 Å². The van der Waals surface area contributed by atoms with Gasteiger partial charge in [0.15, 0.2) is 0 Å². The molecule has 2 heterocycles. The van der Waals surface area contributed by atoms with Crippen LogP contribution in [-0.4, -0.2) is 22.6 Å². The lowest BCUT2D eigenvalue weighted by Gasteiger charge is -2.08. The predicted octanol–water partition coefficient (Wildman–Crippen LogP) is 2.81. The van der Waals surface area contributed by atoms with Gasteiger partial charge in [0, 0.05) is 11.6 Å².